The Hall–Kier alpha value is -12.9. The van der Waals surface area contributed by atoms with Crippen molar-refractivity contribution in [2.24, 2.45) is 5.92 Å². The summed E-state index contributed by atoms with van der Waals surface area (Å²) >= 11 is 0. The maximum Gasteiger partial charge on any atom is 0.149 e. The smallest absolute Gasteiger partial charge is 0.149 e. The summed E-state index contributed by atoms with van der Waals surface area (Å²) in [6.45, 7) is 4.82. The molecular weight excluding hydrogens is 1500 g/mol. The quantitative estimate of drug-likeness (QED) is 0.129. The van der Waals surface area contributed by atoms with Crippen LogP contribution in [0.25, 0.3) is 149 Å². The van der Waals surface area contributed by atoms with Crippen molar-refractivity contribution in [1.82, 2.24) is 42.8 Å². The monoisotopic (exact) mass is 1600 g/mol. The van der Waals surface area contributed by atoms with Gasteiger partial charge < -0.3 is 18.6 Å². The zero-order chi connectivity index (χ0) is 81.4. The molecule has 0 N–H and O–H groups in total. The molecule has 123 heavy (non-hydrogen) atoms. The van der Waals surface area contributed by atoms with Crippen LogP contribution in [0.3, 0.4) is 0 Å². The zero-order valence-electron chi connectivity index (χ0n) is 70.4. The average molecular weight is 1600 g/mol. The van der Waals surface area contributed by atoms with E-state index in [1.54, 1.807) is 0 Å². The average Bonchev–Trinajstić information content (AvgIpc) is 1.60. The van der Waals surface area contributed by atoms with E-state index in [1.165, 1.54) is 272 Å². The van der Waals surface area contributed by atoms with Crippen LogP contribution < -0.4 is 4.90 Å². The highest BCUT2D eigenvalue weighted by Gasteiger charge is 2.45. The number of anilines is 2. The Kier molecular flexibility index (Phi) is 18.2. The normalized spacial score (nSPS) is 18.0. The Morgan fingerprint density at radius 3 is 1.11 bits per heavy atom. The molecule has 0 bridgehead atoms. The second kappa shape index (κ2) is 30.3. The zero-order valence-corrected chi connectivity index (χ0v) is 70.4. The lowest BCUT2D eigenvalue weighted by Gasteiger charge is -2.50. The molecule has 0 spiro atoms. The molecule has 0 amide bonds. The Morgan fingerprint density at radius 1 is 0.268 bits per heavy atom. The molecule has 8 heterocycles. The molecule has 10 nitrogen and oxygen atoms in total. The molecule has 19 aromatic rings. The molecule has 7 aromatic heterocycles. The molecule has 604 valence electrons. The maximum atomic E-state index is 5.68. The molecule has 0 saturated heterocycles. The highest BCUT2D eigenvalue weighted by Crippen LogP contribution is 2.53. The van der Waals surface area contributed by atoms with Crippen molar-refractivity contribution in [1.29, 1.82) is 0 Å². The van der Waals surface area contributed by atoms with E-state index in [0.717, 1.165) is 45.7 Å². The van der Waals surface area contributed by atoms with Crippen LogP contribution in [0.2, 0.25) is 0 Å². The lowest BCUT2D eigenvalue weighted by atomic mass is 9.65. The first-order chi connectivity index (χ1) is 60.8. The third kappa shape index (κ3) is 12.3. The van der Waals surface area contributed by atoms with E-state index < -0.39 is 0 Å². The number of para-hydroxylation sites is 6. The van der Waals surface area contributed by atoms with Crippen molar-refractivity contribution < 1.29 is 0 Å². The fraction of sp³-hybridized carbons (Fsp3) is 0.257. The van der Waals surface area contributed by atoms with Crippen LogP contribution in [0.1, 0.15) is 195 Å². The number of fused-ring (bicyclic) bond motifs is 17. The predicted molar refractivity (Wildman–Crippen MR) is 512 cm³/mol. The first-order valence-corrected chi connectivity index (χ1v) is 46.0. The Morgan fingerprint density at radius 2 is 0.626 bits per heavy atom. The largest absolute Gasteiger partial charge is 0.334 e. The van der Waals surface area contributed by atoms with E-state index in [2.05, 4.69) is 345 Å². The van der Waals surface area contributed by atoms with E-state index in [4.69, 9.17) is 19.9 Å². The molecule has 2 unspecified atom stereocenters. The molecular formula is C113H102N10. The van der Waals surface area contributed by atoms with Gasteiger partial charge in [-0.05, 0) is 202 Å². The minimum absolute atomic E-state index is 0.0146. The first kappa shape index (κ1) is 74.0. The van der Waals surface area contributed by atoms with Gasteiger partial charge in [-0.15, -0.1) is 0 Å². The van der Waals surface area contributed by atoms with Gasteiger partial charge in [0.1, 0.15) is 22.9 Å². The van der Waals surface area contributed by atoms with Crippen LogP contribution in [0.5, 0.6) is 0 Å². The summed E-state index contributed by atoms with van der Waals surface area (Å²) < 4.78 is 12.3. The number of rotatable bonds is 11. The van der Waals surface area contributed by atoms with E-state index >= 15 is 0 Å². The molecule has 4 saturated carbocycles. The molecule has 25 rings (SSSR count). The van der Waals surface area contributed by atoms with E-state index in [1.807, 2.05) is 0 Å². The lowest BCUT2D eigenvalue weighted by Crippen LogP contribution is -2.49. The summed E-state index contributed by atoms with van der Waals surface area (Å²) in [4.78, 5) is 25.2. The standard InChI is InChI=1S/C58H49N5.C55H53N5/c1-5-17-38(18-6-1)41-29-32-52-47(35-41)48-36-43(61-50-27-15-13-25-45(50)46-26-14-16-28-51(46)61)30-33-53(48)62(52)44-31-34-54-49(37-44)55-56(39-19-7-2-8-20-39)59-57(40-21-9-3-10-22-40)60-58(55)63(54)42-23-11-4-12-24-42;1-55(2)44-25-13-16-28-49(44)59(50-29-17-14-26-45(50)55)39-30-32-47-42(34-39)41-24-12-15-27-46(41)58(47)40-31-33-48-43(35-40)51-52(36-18-6-3-7-19-36)56-53(37-20-8-4-9-21-37)57-54(51)60(48)38-22-10-5-11-23-38/h1,4-6,11-18,23-37,39-40H,2-3,7-10,19-22H2;5,10-17,22-37,44,49H,3-4,6-9,18-21H2,1-2H3. The van der Waals surface area contributed by atoms with Crippen LogP contribution in [-0.2, 0) is 5.41 Å². The Labute approximate surface area is 718 Å². The van der Waals surface area contributed by atoms with E-state index in [9.17, 15) is 0 Å². The molecule has 0 radical (unpaired) electrons. The third-order valence-corrected chi connectivity index (χ3v) is 29.5. The van der Waals surface area contributed by atoms with Gasteiger partial charge in [0.2, 0.25) is 0 Å². The van der Waals surface area contributed by atoms with Crippen molar-refractivity contribution in [2.75, 3.05) is 4.90 Å². The van der Waals surface area contributed by atoms with Gasteiger partial charge in [0.15, 0.2) is 0 Å². The van der Waals surface area contributed by atoms with Crippen LogP contribution in [0.15, 0.2) is 303 Å². The molecule has 1 aliphatic heterocycles. The molecule has 5 aliphatic carbocycles. The topological polar surface area (TPSA) is 79.5 Å². The van der Waals surface area contributed by atoms with Gasteiger partial charge in [-0.25, -0.2) is 19.9 Å². The fourth-order valence-corrected chi connectivity index (χ4v) is 23.5. The summed E-state index contributed by atoms with van der Waals surface area (Å²) in [5.41, 5.74) is 26.5. The van der Waals surface area contributed by atoms with Gasteiger partial charge >= 0.3 is 0 Å². The van der Waals surface area contributed by atoms with Crippen LogP contribution in [-0.4, -0.2) is 48.8 Å². The maximum absolute atomic E-state index is 5.68. The number of hydrogen-bond donors (Lipinski definition) is 0. The van der Waals surface area contributed by atoms with Crippen molar-refractivity contribution in [2.45, 2.75) is 177 Å². The SMILES string of the molecule is CC1(C)c2ccccc2N(c2ccc3c(c2)c2ccccc2n3-c2ccc3c(c2)c2c(C4CCCCC4)nc(C4CCCCC4)nc2n3-c2ccccc2)C2C=CC=CC21.c1ccc(-c2ccc3c(c2)c2cc(-n4c5ccccc5c5ccccc54)ccc2n3-c2ccc3c(c2)c2c(C4CCCCC4)nc(C4CCCCC4)nc2n3-c2ccccc2)cc1. The van der Waals surface area contributed by atoms with Crippen molar-refractivity contribution in [3.8, 4) is 39.6 Å². The van der Waals surface area contributed by atoms with Crippen LogP contribution >= 0.6 is 0 Å². The number of hydrogen-bond acceptors (Lipinski definition) is 5. The fourth-order valence-electron chi connectivity index (χ4n) is 23.5. The molecule has 2 atom stereocenters. The highest BCUT2D eigenvalue weighted by molar-refractivity contribution is 6.16. The number of benzene rings is 12. The van der Waals surface area contributed by atoms with Gasteiger partial charge in [-0.2, -0.15) is 0 Å². The molecule has 10 heteroatoms. The second-order valence-corrected chi connectivity index (χ2v) is 36.9. The third-order valence-electron chi connectivity index (χ3n) is 29.5. The lowest BCUT2D eigenvalue weighted by molar-refractivity contribution is 0.332. The summed E-state index contributed by atoms with van der Waals surface area (Å²) in [6, 6.07) is 104. The van der Waals surface area contributed by atoms with Gasteiger partial charge in [0.05, 0.1) is 61.6 Å². The van der Waals surface area contributed by atoms with Gasteiger partial charge in [-0.3, -0.25) is 9.13 Å². The van der Waals surface area contributed by atoms with Crippen LogP contribution in [0, 0.1) is 5.92 Å². The van der Waals surface area contributed by atoms with Crippen molar-refractivity contribution in [3.63, 3.8) is 0 Å². The predicted octanol–water partition coefficient (Wildman–Crippen LogP) is 29.8. The highest BCUT2D eigenvalue weighted by atomic mass is 15.2. The van der Waals surface area contributed by atoms with Crippen LogP contribution in [0.4, 0.5) is 11.4 Å². The Balaban J connectivity index is 0.000000139. The van der Waals surface area contributed by atoms with Gasteiger partial charge in [0.25, 0.3) is 0 Å². The number of nitrogens with zero attached hydrogens (tertiary/aromatic N) is 10. The second-order valence-electron chi connectivity index (χ2n) is 36.9. The summed E-state index contributed by atoms with van der Waals surface area (Å²) in [5, 5.41) is 12.5. The minimum atomic E-state index is 0.0146. The first-order valence-electron chi connectivity index (χ1n) is 46.0. The van der Waals surface area contributed by atoms with E-state index in [0.29, 0.717) is 29.6 Å². The number of allylic oxidation sites excluding steroid dienone is 2. The van der Waals surface area contributed by atoms with Crippen molar-refractivity contribution in [3.05, 3.63) is 332 Å². The summed E-state index contributed by atoms with van der Waals surface area (Å²) in [5.74, 6) is 4.26. The summed E-state index contributed by atoms with van der Waals surface area (Å²) in [7, 11) is 0. The van der Waals surface area contributed by atoms with Crippen molar-refractivity contribution >= 4 is 121 Å². The van der Waals surface area contributed by atoms with E-state index in [-0.39, 0.29) is 11.5 Å². The summed E-state index contributed by atoms with van der Waals surface area (Å²) in [6.07, 6.45) is 34.3. The molecule has 12 aromatic carbocycles. The van der Waals surface area contributed by atoms with Gasteiger partial charge in [0, 0.05) is 129 Å². The Bertz CT molecular complexity index is 7350. The number of aromatic nitrogens is 9. The molecule has 6 aliphatic rings. The minimum Gasteiger partial charge on any atom is -0.334 e. The molecule has 4 fully saturated rings. The van der Waals surface area contributed by atoms with Gasteiger partial charge in [-0.1, -0.05) is 261 Å².